The Balaban J connectivity index is 1.93. The molecule has 2 rings (SSSR count). The molecule has 0 aliphatic rings. The van der Waals surface area contributed by atoms with Crippen molar-refractivity contribution in [3.05, 3.63) is 59.4 Å². The van der Waals surface area contributed by atoms with E-state index in [9.17, 15) is 0 Å². The van der Waals surface area contributed by atoms with Crippen LogP contribution in [-0.4, -0.2) is 12.0 Å². The average Bonchev–Trinajstić information content (AvgIpc) is 2.38. The second-order valence-electron chi connectivity index (χ2n) is 4.41. The Labute approximate surface area is 108 Å². The van der Waals surface area contributed by atoms with Crippen molar-refractivity contribution in [2.75, 3.05) is 12.4 Å². The summed E-state index contributed by atoms with van der Waals surface area (Å²) >= 11 is 0. The third-order valence-electron chi connectivity index (χ3n) is 2.76. The molecule has 0 fully saturated rings. The van der Waals surface area contributed by atoms with Crippen LogP contribution >= 0.6 is 0 Å². The molecule has 0 bridgehead atoms. The smallest absolute Gasteiger partial charge is 0.0594 e. The van der Waals surface area contributed by atoms with Crippen LogP contribution in [0.15, 0.2) is 42.6 Å². The third kappa shape index (κ3) is 3.57. The van der Waals surface area contributed by atoms with Gasteiger partial charge in [-0.2, -0.15) is 0 Å². The number of aromatic nitrogens is 1. The largest absolute Gasteiger partial charge is 0.379 e. The molecule has 94 valence electrons. The summed E-state index contributed by atoms with van der Waals surface area (Å²) in [7, 11) is 1.94. The third-order valence-corrected chi connectivity index (χ3v) is 2.76. The van der Waals surface area contributed by atoms with E-state index in [4.69, 9.17) is 0 Å². The van der Waals surface area contributed by atoms with Crippen LogP contribution in [0.3, 0.4) is 0 Å². The number of nitrogens with zero attached hydrogens (tertiary/aromatic N) is 1. The Kier molecular flexibility index (Phi) is 4.31. The molecule has 0 amide bonds. The molecule has 0 radical (unpaired) electrons. The van der Waals surface area contributed by atoms with Crippen molar-refractivity contribution in [3.8, 4) is 0 Å². The van der Waals surface area contributed by atoms with Crippen molar-refractivity contribution in [2.24, 2.45) is 0 Å². The Bertz CT molecular complexity index is 491. The van der Waals surface area contributed by atoms with Gasteiger partial charge < -0.3 is 10.6 Å². The minimum atomic E-state index is 0.753. The predicted molar refractivity (Wildman–Crippen MR) is 75.5 cm³/mol. The maximum absolute atomic E-state index is 4.43. The predicted octanol–water partition coefficient (Wildman–Crippen LogP) is 2.72. The summed E-state index contributed by atoms with van der Waals surface area (Å²) in [5.74, 6) is 0. The lowest BCUT2D eigenvalue weighted by Crippen LogP contribution is -2.06. The van der Waals surface area contributed by atoms with E-state index in [-0.39, 0.29) is 0 Å². The van der Waals surface area contributed by atoms with Crippen molar-refractivity contribution in [1.82, 2.24) is 10.3 Å². The maximum Gasteiger partial charge on any atom is 0.0594 e. The van der Waals surface area contributed by atoms with E-state index >= 15 is 0 Å². The first kappa shape index (κ1) is 12.6. The highest BCUT2D eigenvalue weighted by Gasteiger charge is 1.97. The van der Waals surface area contributed by atoms with Crippen LogP contribution in [0.1, 0.15) is 16.8 Å². The molecule has 1 aromatic carbocycles. The highest BCUT2D eigenvalue weighted by atomic mass is 14.9. The number of pyridine rings is 1. The summed E-state index contributed by atoms with van der Waals surface area (Å²) in [4.78, 5) is 4.43. The lowest BCUT2D eigenvalue weighted by Gasteiger charge is -2.07. The highest BCUT2D eigenvalue weighted by Crippen LogP contribution is 2.10. The fourth-order valence-electron chi connectivity index (χ4n) is 1.82. The lowest BCUT2D eigenvalue weighted by molar-refractivity contribution is 0.810. The van der Waals surface area contributed by atoms with Crippen LogP contribution in [0.4, 0.5) is 5.69 Å². The molecule has 2 aromatic rings. The van der Waals surface area contributed by atoms with Crippen molar-refractivity contribution in [1.29, 1.82) is 0 Å². The average molecular weight is 241 g/mol. The zero-order valence-electron chi connectivity index (χ0n) is 10.9. The molecule has 0 atom stereocenters. The van der Waals surface area contributed by atoms with Gasteiger partial charge in [0.2, 0.25) is 0 Å². The van der Waals surface area contributed by atoms with Gasteiger partial charge in [-0.15, -0.1) is 0 Å². The second kappa shape index (κ2) is 6.17. The molecular formula is C15H19N3. The Hall–Kier alpha value is -1.87. The highest BCUT2D eigenvalue weighted by molar-refractivity contribution is 5.45. The number of rotatable bonds is 5. The number of anilines is 1. The van der Waals surface area contributed by atoms with Gasteiger partial charge >= 0.3 is 0 Å². The van der Waals surface area contributed by atoms with Crippen LogP contribution in [0.25, 0.3) is 0 Å². The Morgan fingerprint density at radius 2 is 2.00 bits per heavy atom. The van der Waals surface area contributed by atoms with Gasteiger partial charge in [-0.25, -0.2) is 0 Å². The molecular weight excluding hydrogens is 222 g/mol. The van der Waals surface area contributed by atoms with Gasteiger partial charge in [-0.05, 0) is 43.3 Å². The van der Waals surface area contributed by atoms with Crippen LogP contribution in [0.2, 0.25) is 0 Å². The monoisotopic (exact) mass is 241 g/mol. The van der Waals surface area contributed by atoms with Gasteiger partial charge in [0, 0.05) is 18.4 Å². The summed E-state index contributed by atoms with van der Waals surface area (Å²) in [6.45, 7) is 3.71. The van der Waals surface area contributed by atoms with Crippen LogP contribution in [0.5, 0.6) is 0 Å². The van der Waals surface area contributed by atoms with Gasteiger partial charge in [0.25, 0.3) is 0 Å². The van der Waals surface area contributed by atoms with Crippen LogP contribution in [0, 0.1) is 6.92 Å². The Morgan fingerprint density at radius 1 is 1.11 bits per heavy atom. The zero-order chi connectivity index (χ0) is 12.8. The molecule has 0 saturated carbocycles. The minimum Gasteiger partial charge on any atom is -0.379 e. The fourth-order valence-corrected chi connectivity index (χ4v) is 1.82. The first-order valence-electron chi connectivity index (χ1n) is 6.17. The van der Waals surface area contributed by atoms with Gasteiger partial charge in [-0.1, -0.05) is 18.2 Å². The van der Waals surface area contributed by atoms with Crippen molar-refractivity contribution in [3.63, 3.8) is 0 Å². The van der Waals surface area contributed by atoms with Gasteiger partial charge in [0.15, 0.2) is 0 Å². The van der Waals surface area contributed by atoms with Gasteiger partial charge in [-0.3, -0.25) is 4.98 Å². The molecule has 0 aliphatic carbocycles. The molecule has 1 heterocycles. The summed E-state index contributed by atoms with van der Waals surface area (Å²) in [6, 6.07) is 12.5. The first-order chi connectivity index (χ1) is 8.78. The van der Waals surface area contributed by atoms with Crippen molar-refractivity contribution >= 4 is 5.69 Å². The Morgan fingerprint density at radius 3 is 2.67 bits per heavy atom. The van der Waals surface area contributed by atoms with E-state index in [0.717, 1.165) is 24.5 Å². The number of hydrogen-bond acceptors (Lipinski definition) is 3. The lowest BCUT2D eigenvalue weighted by atomic mass is 10.2. The summed E-state index contributed by atoms with van der Waals surface area (Å²) in [6.07, 6.45) is 1.92. The van der Waals surface area contributed by atoms with E-state index in [1.54, 1.807) is 0 Å². The molecule has 0 saturated heterocycles. The van der Waals surface area contributed by atoms with Crippen LogP contribution in [-0.2, 0) is 13.1 Å². The first-order valence-corrected chi connectivity index (χ1v) is 6.17. The summed E-state index contributed by atoms with van der Waals surface area (Å²) in [5, 5.41) is 6.49. The van der Waals surface area contributed by atoms with E-state index < -0.39 is 0 Å². The number of nitrogens with one attached hydrogen (secondary N) is 2. The van der Waals surface area contributed by atoms with Crippen molar-refractivity contribution in [2.45, 2.75) is 20.0 Å². The molecule has 3 heteroatoms. The zero-order valence-corrected chi connectivity index (χ0v) is 10.9. The molecule has 0 unspecified atom stereocenters. The molecule has 0 aliphatic heterocycles. The SMILES string of the molecule is CNCc1ccc(CNc2cccc(C)c2)nc1. The van der Waals surface area contributed by atoms with E-state index in [2.05, 4.69) is 58.9 Å². The summed E-state index contributed by atoms with van der Waals surface area (Å²) in [5.41, 5.74) is 4.65. The topological polar surface area (TPSA) is 37.0 Å². The van der Waals surface area contributed by atoms with Gasteiger partial charge in [0.1, 0.15) is 0 Å². The summed E-state index contributed by atoms with van der Waals surface area (Å²) < 4.78 is 0. The second-order valence-corrected chi connectivity index (χ2v) is 4.41. The molecule has 0 spiro atoms. The number of hydrogen-bond donors (Lipinski definition) is 2. The number of aryl methyl sites for hydroxylation is 1. The number of benzene rings is 1. The standard InChI is InChI=1S/C15H19N3/c1-12-4-3-5-14(8-12)18-11-15-7-6-13(9-16-2)10-17-15/h3-8,10,16,18H,9,11H2,1-2H3. The fraction of sp³-hybridized carbons (Fsp3) is 0.267. The van der Waals surface area contributed by atoms with Crippen molar-refractivity contribution < 1.29 is 0 Å². The normalized spacial score (nSPS) is 10.3. The molecule has 1 aromatic heterocycles. The van der Waals surface area contributed by atoms with E-state index in [1.165, 1.54) is 11.1 Å². The molecule has 2 N–H and O–H groups in total. The minimum absolute atomic E-state index is 0.753. The van der Waals surface area contributed by atoms with Crippen LogP contribution < -0.4 is 10.6 Å². The van der Waals surface area contributed by atoms with Gasteiger partial charge in [0.05, 0.1) is 12.2 Å². The van der Waals surface area contributed by atoms with E-state index in [0.29, 0.717) is 0 Å². The maximum atomic E-state index is 4.43. The molecule has 18 heavy (non-hydrogen) atoms. The van der Waals surface area contributed by atoms with E-state index in [1.807, 2.05) is 13.2 Å². The quantitative estimate of drug-likeness (QED) is 0.845. The molecule has 3 nitrogen and oxygen atoms in total.